The molecule has 1 aliphatic rings. The minimum absolute atomic E-state index is 0.105. The lowest BCUT2D eigenvalue weighted by molar-refractivity contribution is 0.254. The quantitative estimate of drug-likeness (QED) is 0.802. The largest absolute Gasteiger partial charge is 0.327 e. The van der Waals surface area contributed by atoms with Gasteiger partial charge in [-0.3, -0.25) is 0 Å². The Morgan fingerprint density at radius 2 is 2.29 bits per heavy atom. The van der Waals surface area contributed by atoms with E-state index in [1.807, 2.05) is 16.6 Å². The number of rotatable bonds is 1. The average Bonchev–Trinajstić information content (AvgIpc) is 2.77. The molecule has 17 heavy (non-hydrogen) atoms. The zero-order chi connectivity index (χ0) is 11.9. The highest BCUT2D eigenvalue weighted by atomic mass is 15.4. The van der Waals surface area contributed by atoms with Crippen molar-refractivity contribution in [1.29, 1.82) is 0 Å². The van der Waals surface area contributed by atoms with Crippen molar-refractivity contribution in [2.45, 2.75) is 44.1 Å². The lowest BCUT2D eigenvalue weighted by Crippen LogP contribution is -2.46. The summed E-state index contributed by atoms with van der Waals surface area (Å²) in [5.74, 6) is 0.903. The van der Waals surface area contributed by atoms with Crippen LogP contribution in [0.1, 0.15) is 38.4 Å². The van der Waals surface area contributed by atoms with E-state index in [2.05, 4.69) is 22.2 Å². The van der Waals surface area contributed by atoms with Gasteiger partial charge in [0.2, 0.25) is 0 Å². The first-order chi connectivity index (χ1) is 8.22. The predicted molar refractivity (Wildman–Crippen MR) is 64.6 cm³/mol. The van der Waals surface area contributed by atoms with E-state index in [9.17, 15) is 0 Å². The Balaban J connectivity index is 2.13. The van der Waals surface area contributed by atoms with Gasteiger partial charge in [0, 0.05) is 17.7 Å². The van der Waals surface area contributed by atoms with E-state index in [1.54, 1.807) is 6.20 Å². The van der Waals surface area contributed by atoms with Crippen molar-refractivity contribution in [3.63, 3.8) is 0 Å². The molecule has 0 radical (unpaired) electrons. The molecule has 2 atom stereocenters. The molecule has 3 rings (SSSR count). The first-order valence-corrected chi connectivity index (χ1v) is 6.14. The van der Waals surface area contributed by atoms with Crippen molar-refractivity contribution < 1.29 is 0 Å². The molecule has 2 aromatic heterocycles. The first-order valence-electron chi connectivity index (χ1n) is 6.14. The molecule has 0 aromatic carbocycles. The second-order valence-corrected chi connectivity index (χ2v) is 5.09. The Morgan fingerprint density at radius 3 is 3.12 bits per heavy atom. The Kier molecular flexibility index (Phi) is 2.36. The third-order valence-corrected chi connectivity index (χ3v) is 3.97. The van der Waals surface area contributed by atoms with Gasteiger partial charge in [0.1, 0.15) is 0 Å². The number of fused-ring (bicyclic) bond motifs is 1. The van der Waals surface area contributed by atoms with E-state index >= 15 is 0 Å². The molecule has 5 nitrogen and oxygen atoms in total. The Labute approximate surface area is 100 Å². The molecule has 1 saturated carbocycles. The van der Waals surface area contributed by atoms with E-state index in [0.29, 0.717) is 0 Å². The standard InChI is InChI=1S/C12H17N5/c1-12(7-3-2-5-9(12)13)11-16-15-10-6-4-8-14-17(10)11/h4,6,8-9H,2-3,5,7,13H2,1H3. The maximum Gasteiger partial charge on any atom is 0.177 e. The molecule has 0 saturated heterocycles. The Bertz CT molecular complexity index is 534. The molecule has 2 heterocycles. The Morgan fingerprint density at radius 1 is 1.41 bits per heavy atom. The number of hydrogen-bond acceptors (Lipinski definition) is 4. The maximum absolute atomic E-state index is 6.29. The van der Waals surface area contributed by atoms with E-state index in [-0.39, 0.29) is 11.5 Å². The molecule has 0 amide bonds. The smallest absolute Gasteiger partial charge is 0.177 e. The van der Waals surface area contributed by atoms with Crippen LogP contribution in [-0.4, -0.2) is 25.9 Å². The molecule has 1 fully saturated rings. The lowest BCUT2D eigenvalue weighted by atomic mass is 9.71. The van der Waals surface area contributed by atoms with Crippen molar-refractivity contribution in [2.75, 3.05) is 0 Å². The zero-order valence-corrected chi connectivity index (χ0v) is 10.0. The number of hydrogen-bond donors (Lipinski definition) is 1. The SMILES string of the molecule is CC1(c2nnc3cccnn23)CCCCC1N. The van der Waals surface area contributed by atoms with Gasteiger partial charge in [0.25, 0.3) is 0 Å². The normalized spacial score (nSPS) is 29.6. The molecule has 2 N–H and O–H groups in total. The van der Waals surface area contributed by atoms with Gasteiger partial charge in [-0.2, -0.15) is 9.61 Å². The number of nitrogens with two attached hydrogens (primary N) is 1. The summed E-state index contributed by atoms with van der Waals surface area (Å²) in [6, 6.07) is 3.93. The van der Waals surface area contributed by atoms with E-state index in [1.165, 1.54) is 12.8 Å². The third-order valence-electron chi connectivity index (χ3n) is 3.97. The van der Waals surface area contributed by atoms with Crippen LogP contribution in [0.25, 0.3) is 5.65 Å². The van der Waals surface area contributed by atoms with Crippen LogP contribution in [0.4, 0.5) is 0 Å². The fraction of sp³-hybridized carbons (Fsp3) is 0.583. The topological polar surface area (TPSA) is 69.1 Å². The van der Waals surface area contributed by atoms with Crippen LogP contribution < -0.4 is 5.73 Å². The highest BCUT2D eigenvalue weighted by Crippen LogP contribution is 2.37. The van der Waals surface area contributed by atoms with Crippen molar-refractivity contribution in [3.8, 4) is 0 Å². The molecule has 0 aliphatic heterocycles. The molecule has 2 aromatic rings. The van der Waals surface area contributed by atoms with Gasteiger partial charge >= 0.3 is 0 Å². The summed E-state index contributed by atoms with van der Waals surface area (Å²) >= 11 is 0. The van der Waals surface area contributed by atoms with Crippen LogP contribution in [-0.2, 0) is 5.41 Å². The lowest BCUT2D eigenvalue weighted by Gasteiger charge is -2.37. The van der Waals surface area contributed by atoms with Crippen LogP contribution in [0, 0.1) is 0 Å². The van der Waals surface area contributed by atoms with Crippen LogP contribution in [0.5, 0.6) is 0 Å². The fourth-order valence-corrected chi connectivity index (χ4v) is 2.74. The molecule has 0 bridgehead atoms. The monoisotopic (exact) mass is 231 g/mol. The zero-order valence-electron chi connectivity index (χ0n) is 10.0. The summed E-state index contributed by atoms with van der Waals surface area (Å²) in [6.45, 7) is 2.18. The van der Waals surface area contributed by atoms with Gasteiger partial charge in [-0.15, -0.1) is 10.2 Å². The number of nitrogens with zero attached hydrogens (tertiary/aromatic N) is 4. The molecule has 0 spiro atoms. The second kappa shape index (κ2) is 3.77. The second-order valence-electron chi connectivity index (χ2n) is 5.09. The van der Waals surface area contributed by atoms with Crippen molar-refractivity contribution in [1.82, 2.24) is 19.8 Å². The van der Waals surface area contributed by atoms with E-state index < -0.39 is 0 Å². The summed E-state index contributed by atoms with van der Waals surface area (Å²) in [4.78, 5) is 0. The third kappa shape index (κ3) is 1.53. The predicted octanol–water partition coefficient (Wildman–Crippen LogP) is 1.28. The van der Waals surface area contributed by atoms with Crippen LogP contribution in [0.2, 0.25) is 0 Å². The highest BCUT2D eigenvalue weighted by molar-refractivity contribution is 5.36. The van der Waals surface area contributed by atoms with Crippen LogP contribution in [0.3, 0.4) is 0 Å². The van der Waals surface area contributed by atoms with Gasteiger partial charge in [0.05, 0.1) is 0 Å². The fourth-order valence-electron chi connectivity index (χ4n) is 2.74. The van der Waals surface area contributed by atoms with Gasteiger partial charge in [-0.25, -0.2) is 0 Å². The summed E-state index contributed by atoms with van der Waals surface area (Å²) in [7, 11) is 0. The van der Waals surface area contributed by atoms with Gasteiger partial charge in [-0.1, -0.05) is 19.8 Å². The first kappa shape index (κ1) is 10.7. The van der Waals surface area contributed by atoms with Crippen molar-refractivity contribution in [2.24, 2.45) is 5.73 Å². The van der Waals surface area contributed by atoms with Gasteiger partial charge in [-0.05, 0) is 25.0 Å². The van der Waals surface area contributed by atoms with Gasteiger partial charge < -0.3 is 5.73 Å². The minimum Gasteiger partial charge on any atom is -0.327 e. The minimum atomic E-state index is -0.105. The van der Waals surface area contributed by atoms with E-state index in [4.69, 9.17) is 5.73 Å². The summed E-state index contributed by atoms with van der Waals surface area (Å²) in [5.41, 5.74) is 6.97. The summed E-state index contributed by atoms with van der Waals surface area (Å²) < 4.78 is 1.82. The molecule has 1 aliphatic carbocycles. The highest BCUT2D eigenvalue weighted by Gasteiger charge is 2.40. The summed E-state index contributed by atoms with van der Waals surface area (Å²) in [5, 5.41) is 12.8. The summed E-state index contributed by atoms with van der Waals surface area (Å²) in [6.07, 6.45) is 6.29. The number of aromatic nitrogens is 4. The molecular formula is C12H17N5. The molecular weight excluding hydrogens is 214 g/mol. The molecule has 90 valence electrons. The van der Waals surface area contributed by atoms with Gasteiger partial charge in [0.15, 0.2) is 11.5 Å². The average molecular weight is 231 g/mol. The maximum atomic E-state index is 6.29. The van der Waals surface area contributed by atoms with Crippen molar-refractivity contribution in [3.05, 3.63) is 24.2 Å². The molecule has 2 unspecified atom stereocenters. The Hall–Kier alpha value is -1.49. The van der Waals surface area contributed by atoms with Crippen LogP contribution >= 0.6 is 0 Å². The van der Waals surface area contributed by atoms with E-state index in [0.717, 1.165) is 24.3 Å². The molecule has 5 heteroatoms. The van der Waals surface area contributed by atoms with Crippen LogP contribution in [0.15, 0.2) is 18.3 Å². The van der Waals surface area contributed by atoms with Crippen molar-refractivity contribution >= 4 is 5.65 Å².